The second-order valence-electron chi connectivity index (χ2n) is 8.54. The first-order chi connectivity index (χ1) is 9.25. The minimum atomic E-state index is -1.02. The van der Waals surface area contributed by atoms with Gasteiger partial charge >= 0.3 is 0 Å². The topological polar surface area (TPSA) is 18.5 Å². The van der Waals surface area contributed by atoms with E-state index in [9.17, 15) is 0 Å². The van der Waals surface area contributed by atoms with Gasteiger partial charge in [-0.3, -0.25) is 0 Å². The Morgan fingerprint density at radius 3 is 2.35 bits per heavy atom. The Hall–Kier alpha value is 0.350. The lowest BCUT2D eigenvalue weighted by Crippen LogP contribution is -2.56. The molecule has 3 aliphatic heterocycles. The van der Waals surface area contributed by atoms with Crippen LogP contribution in [0.2, 0.25) is 0 Å². The summed E-state index contributed by atoms with van der Waals surface area (Å²) < 4.78 is 12.2. The molecule has 3 aliphatic rings. The normalized spacial score (nSPS) is 44.5. The summed E-state index contributed by atoms with van der Waals surface area (Å²) in [6, 6.07) is 0. The molecule has 1 spiro atoms. The molecule has 2 nitrogen and oxygen atoms in total. The molecule has 3 heteroatoms. The van der Waals surface area contributed by atoms with E-state index in [1.807, 2.05) is 0 Å². The molecule has 116 valence electrons. The molecule has 0 aromatic carbocycles. The molecule has 0 saturated carbocycles. The molecule has 0 bridgehead atoms. The summed E-state index contributed by atoms with van der Waals surface area (Å²) in [5, 5.41) is 0.924. The first-order valence-corrected chi connectivity index (χ1v) is 10.5. The van der Waals surface area contributed by atoms with Crippen LogP contribution in [-0.2, 0) is 9.47 Å². The highest BCUT2D eigenvalue weighted by Crippen LogP contribution is 2.86. The van der Waals surface area contributed by atoms with E-state index in [1.54, 1.807) is 0 Å². The van der Waals surface area contributed by atoms with E-state index in [0.29, 0.717) is 10.3 Å². The van der Waals surface area contributed by atoms with Crippen LogP contribution in [-0.4, -0.2) is 41.1 Å². The first-order valence-electron chi connectivity index (χ1n) is 8.41. The van der Waals surface area contributed by atoms with E-state index in [1.165, 1.54) is 25.4 Å². The van der Waals surface area contributed by atoms with Crippen molar-refractivity contribution >= 4 is 7.26 Å². The maximum Gasteiger partial charge on any atom is 0.175 e. The van der Waals surface area contributed by atoms with Gasteiger partial charge in [0, 0.05) is 20.1 Å². The van der Waals surface area contributed by atoms with Crippen molar-refractivity contribution in [2.75, 3.05) is 19.4 Å². The third-order valence-electron chi connectivity index (χ3n) is 6.56. The van der Waals surface area contributed by atoms with Gasteiger partial charge in [0.1, 0.15) is 0 Å². The molecule has 3 atom stereocenters. The highest BCUT2D eigenvalue weighted by molar-refractivity contribution is 7.79. The zero-order valence-corrected chi connectivity index (χ0v) is 14.9. The zero-order valence-electron chi connectivity index (χ0n) is 14.0. The van der Waals surface area contributed by atoms with Crippen LogP contribution in [0.15, 0.2) is 0 Å². The Morgan fingerprint density at radius 2 is 1.75 bits per heavy atom. The number of rotatable bonds is 0. The SMILES string of the molecule is CC1CCCC2(C)CC3(CC[P+]12C(C)(C)C)OCCO3. The predicted molar refractivity (Wildman–Crippen MR) is 87.1 cm³/mol. The maximum atomic E-state index is 6.08. The van der Waals surface area contributed by atoms with Crippen molar-refractivity contribution in [2.45, 2.75) is 88.5 Å². The van der Waals surface area contributed by atoms with Crippen LogP contribution in [0.3, 0.4) is 0 Å². The van der Waals surface area contributed by atoms with Gasteiger partial charge in [0.05, 0.1) is 35.3 Å². The lowest BCUT2D eigenvalue weighted by molar-refractivity contribution is -0.172. The fourth-order valence-electron chi connectivity index (χ4n) is 6.02. The maximum absolute atomic E-state index is 6.08. The van der Waals surface area contributed by atoms with Gasteiger partial charge in [-0.2, -0.15) is 0 Å². The van der Waals surface area contributed by atoms with E-state index < -0.39 is 7.26 Å². The molecular weight excluding hydrogens is 267 g/mol. The van der Waals surface area contributed by atoms with Gasteiger partial charge < -0.3 is 9.47 Å². The van der Waals surface area contributed by atoms with Crippen molar-refractivity contribution < 1.29 is 9.47 Å². The fourth-order valence-corrected chi connectivity index (χ4v) is 14.1. The molecule has 0 aromatic heterocycles. The van der Waals surface area contributed by atoms with Crippen LogP contribution in [0.5, 0.6) is 0 Å². The zero-order chi connectivity index (χ0) is 14.6. The third-order valence-corrected chi connectivity index (χ3v) is 14.0. The summed E-state index contributed by atoms with van der Waals surface area (Å²) in [7, 11) is -1.02. The Labute approximate surface area is 125 Å². The molecule has 0 amide bonds. The van der Waals surface area contributed by atoms with E-state index >= 15 is 0 Å². The van der Waals surface area contributed by atoms with Gasteiger partial charge in [0.25, 0.3) is 0 Å². The number of ether oxygens (including phenoxy) is 2. The standard InChI is InChI=1S/C17H32O2P/c1-14-7-6-8-16(5)13-17(18-10-11-19-17)9-12-20(14,16)15(2,3)4/h14H,6-13H2,1-5H3/q+1. The fraction of sp³-hybridized carbons (Fsp3) is 1.00. The summed E-state index contributed by atoms with van der Waals surface area (Å²) in [5.41, 5.74) is 0.917. The van der Waals surface area contributed by atoms with Crippen molar-refractivity contribution in [2.24, 2.45) is 0 Å². The van der Waals surface area contributed by atoms with Crippen LogP contribution in [0.25, 0.3) is 0 Å². The van der Waals surface area contributed by atoms with Crippen LogP contribution in [0.4, 0.5) is 0 Å². The summed E-state index contributed by atoms with van der Waals surface area (Å²) in [6.07, 6.45) is 7.87. The van der Waals surface area contributed by atoms with Crippen LogP contribution < -0.4 is 0 Å². The van der Waals surface area contributed by atoms with Crippen molar-refractivity contribution in [3.8, 4) is 0 Å². The molecule has 0 aliphatic carbocycles. The van der Waals surface area contributed by atoms with Crippen molar-refractivity contribution in [1.29, 1.82) is 0 Å². The molecule has 3 saturated heterocycles. The molecule has 3 heterocycles. The molecule has 0 radical (unpaired) electrons. The van der Waals surface area contributed by atoms with Crippen molar-refractivity contribution in [1.82, 2.24) is 0 Å². The first kappa shape index (κ1) is 15.3. The lowest BCUT2D eigenvalue weighted by Gasteiger charge is -2.60. The molecule has 0 N–H and O–H groups in total. The third kappa shape index (κ3) is 1.94. The molecule has 3 unspecified atom stereocenters. The van der Waals surface area contributed by atoms with Gasteiger partial charge in [-0.15, -0.1) is 0 Å². The van der Waals surface area contributed by atoms with Crippen LogP contribution in [0.1, 0.15) is 66.7 Å². The molecule has 3 fully saturated rings. The van der Waals surface area contributed by atoms with E-state index in [0.717, 1.165) is 31.7 Å². The van der Waals surface area contributed by atoms with E-state index in [4.69, 9.17) is 9.47 Å². The Kier molecular flexibility index (Phi) is 3.56. The quantitative estimate of drug-likeness (QED) is 0.605. The number of hydrogen-bond donors (Lipinski definition) is 0. The summed E-state index contributed by atoms with van der Waals surface area (Å²) >= 11 is 0. The summed E-state index contributed by atoms with van der Waals surface area (Å²) in [4.78, 5) is 0. The minimum absolute atomic E-state index is 0.222. The molecule has 20 heavy (non-hydrogen) atoms. The van der Waals surface area contributed by atoms with E-state index in [2.05, 4.69) is 34.6 Å². The Bertz CT molecular complexity index is 383. The molecule has 3 rings (SSSR count). The average Bonchev–Trinajstić information content (AvgIpc) is 2.74. The van der Waals surface area contributed by atoms with Crippen molar-refractivity contribution in [3.05, 3.63) is 0 Å². The number of fused-ring (bicyclic) bond motifs is 1. The Morgan fingerprint density at radius 1 is 1.10 bits per heavy atom. The summed E-state index contributed by atoms with van der Waals surface area (Å²) in [5.74, 6) is -0.222. The molecular formula is C17H32O2P+. The second-order valence-corrected chi connectivity index (χ2v) is 14.0. The predicted octanol–water partition coefficient (Wildman–Crippen LogP) is 4.67. The highest BCUT2D eigenvalue weighted by Gasteiger charge is 2.70. The highest BCUT2D eigenvalue weighted by atomic mass is 31.2. The van der Waals surface area contributed by atoms with Gasteiger partial charge in [-0.05, 0) is 53.9 Å². The van der Waals surface area contributed by atoms with Gasteiger partial charge in [-0.1, -0.05) is 0 Å². The second kappa shape index (κ2) is 4.67. The average molecular weight is 299 g/mol. The van der Waals surface area contributed by atoms with Crippen LogP contribution >= 0.6 is 7.26 Å². The van der Waals surface area contributed by atoms with Gasteiger partial charge in [0.15, 0.2) is 5.79 Å². The van der Waals surface area contributed by atoms with Crippen LogP contribution in [0, 0.1) is 0 Å². The smallest absolute Gasteiger partial charge is 0.175 e. The van der Waals surface area contributed by atoms with E-state index in [-0.39, 0.29) is 5.79 Å². The minimum Gasteiger partial charge on any atom is -0.347 e. The largest absolute Gasteiger partial charge is 0.347 e. The monoisotopic (exact) mass is 299 g/mol. The van der Waals surface area contributed by atoms with Gasteiger partial charge in [-0.25, -0.2) is 0 Å². The summed E-state index contributed by atoms with van der Waals surface area (Å²) in [6.45, 7) is 14.2. The van der Waals surface area contributed by atoms with Crippen molar-refractivity contribution in [3.63, 3.8) is 0 Å². The molecule has 0 aromatic rings. The number of hydrogen-bond acceptors (Lipinski definition) is 2. The Balaban J connectivity index is 2.00. The van der Waals surface area contributed by atoms with Gasteiger partial charge in [0.2, 0.25) is 0 Å². The lowest BCUT2D eigenvalue weighted by atomic mass is 9.91.